The Kier molecular flexibility index (Phi) is 9.79. The number of methoxy groups -OCH3 is 1. The summed E-state index contributed by atoms with van der Waals surface area (Å²) in [5, 5.41) is 16.3. The van der Waals surface area contributed by atoms with E-state index in [-0.39, 0.29) is 24.0 Å². The lowest BCUT2D eigenvalue weighted by atomic mass is 10.0. The number of anilines is 1. The summed E-state index contributed by atoms with van der Waals surface area (Å²) in [5.74, 6) is 0.348. The second kappa shape index (κ2) is 14.1. The molecule has 6 rings (SSSR count). The molecule has 2 saturated heterocycles. The van der Waals surface area contributed by atoms with Crippen LogP contribution in [0.5, 0.6) is 5.88 Å². The van der Waals surface area contributed by atoms with Crippen LogP contribution in [0.2, 0.25) is 5.02 Å². The number of carbonyl (C=O) groups excluding carboxylic acids is 2. The lowest BCUT2D eigenvalue weighted by Crippen LogP contribution is -2.49. The molecule has 1 unspecified atom stereocenters. The molecule has 0 aliphatic carbocycles. The molecule has 2 amide bonds. The standard InChI is InChI=1S/C35H38ClN7O4/c1-21-26(5-4-6-28(21)40-34(46)30-10-7-22(15-39-30)18-43-19-25(44)20-43)33-32(36)27(13-14-38-33)29-11-8-23(35(41-29)47-3)16-37-17-24-9-12-31(45)42(24)2/h4-8,10-11,13-15,24-25,37,44H,9,12,16-20H2,1-3H3,(H,40,46). The van der Waals surface area contributed by atoms with Crippen LogP contribution >= 0.6 is 11.6 Å². The zero-order valence-electron chi connectivity index (χ0n) is 26.7. The third-order valence-corrected chi connectivity index (χ3v) is 9.25. The largest absolute Gasteiger partial charge is 0.481 e. The molecular formula is C35H38ClN7O4. The molecule has 244 valence electrons. The highest BCUT2D eigenvalue weighted by molar-refractivity contribution is 6.35. The van der Waals surface area contributed by atoms with Gasteiger partial charge in [0.2, 0.25) is 11.8 Å². The van der Waals surface area contributed by atoms with Crippen molar-refractivity contribution < 1.29 is 19.4 Å². The Balaban J connectivity index is 1.16. The third kappa shape index (κ3) is 7.13. The third-order valence-electron chi connectivity index (χ3n) is 8.86. The zero-order valence-corrected chi connectivity index (χ0v) is 27.4. The van der Waals surface area contributed by atoms with Gasteiger partial charge in [-0.3, -0.25) is 24.5 Å². The van der Waals surface area contributed by atoms with Crippen LogP contribution in [0.15, 0.2) is 60.9 Å². The normalized spacial score (nSPS) is 16.7. The maximum atomic E-state index is 13.1. The molecule has 11 nitrogen and oxygen atoms in total. The number of benzene rings is 1. The van der Waals surface area contributed by atoms with Crippen molar-refractivity contribution in [1.29, 1.82) is 0 Å². The Morgan fingerprint density at radius 3 is 2.64 bits per heavy atom. The summed E-state index contributed by atoms with van der Waals surface area (Å²) in [7, 11) is 3.44. The van der Waals surface area contributed by atoms with Crippen LogP contribution < -0.4 is 15.4 Å². The van der Waals surface area contributed by atoms with E-state index in [9.17, 15) is 14.7 Å². The van der Waals surface area contributed by atoms with Gasteiger partial charge < -0.3 is 25.4 Å². The van der Waals surface area contributed by atoms with Crippen molar-refractivity contribution in [3.05, 3.63) is 88.3 Å². The van der Waals surface area contributed by atoms with Crippen LogP contribution in [0.1, 0.15) is 40.0 Å². The van der Waals surface area contributed by atoms with Gasteiger partial charge in [-0.2, -0.15) is 0 Å². The number of rotatable bonds is 11. The molecule has 0 spiro atoms. The SMILES string of the molecule is COc1nc(-c2ccnc(-c3cccc(NC(=O)c4ccc(CN5CC(O)C5)cn4)c3C)c2Cl)ccc1CNCC1CCC(=O)N1C. The molecule has 1 aromatic carbocycles. The predicted octanol–water partition coefficient (Wildman–Crippen LogP) is 4.32. The summed E-state index contributed by atoms with van der Waals surface area (Å²) < 4.78 is 5.64. The fraction of sp³-hybridized carbons (Fsp3) is 0.343. The van der Waals surface area contributed by atoms with Crippen LogP contribution in [0.3, 0.4) is 0 Å². The average molecular weight is 656 g/mol. The molecule has 0 saturated carbocycles. The van der Waals surface area contributed by atoms with Gasteiger partial charge in [0.05, 0.1) is 29.6 Å². The van der Waals surface area contributed by atoms with E-state index >= 15 is 0 Å². The van der Waals surface area contributed by atoms with Crippen LogP contribution in [0.25, 0.3) is 22.5 Å². The number of likely N-dealkylation sites (tertiary alicyclic amines) is 2. The van der Waals surface area contributed by atoms with Gasteiger partial charge in [-0.15, -0.1) is 0 Å². The van der Waals surface area contributed by atoms with Crippen molar-refractivity contribution in [2.45, 2.75) is 45.0 Å². The molecule has 2 aliphatic heterocycles. The number of ether oxygens (including phenoxy) is 1. The Bertz CT molecular complexity index is 1780. The van der Waals surface area contributed by atoms with Crippen molar-refractivity contribution in [2.75, 3.05) is 39.1 Å². The minimum Gasteiger partial charge on any atom is -0.481 e. The molecule has 0 bridgehead atoms. The number of aliphatic hydroxyl groups excluding tert-OH is 1. The van der Waals surface area contributed by atoms with Crippen LogP contribution in [-0.4, -0.2) is 87.6 Å². The average Bonchev–Trinajstić information content (AvgIpc) is 3.38. The first kappa shape index (κ1) is 32.5. The first-order valence-corrected chi connectivity index (χ1v) is 16.0. The molecule has 47 heavy (non-hydrogen) atoms. The number of pyridine rings is 3. The Morgan fingerprint density at radius 2 is 1.94 bits per heavy atom. The number of amides is 2. The van der Waals surface area contributed by atoms with E-state index in [1.54, 1.807) is 30.5 Å². The van der Waals surface area contributed by atoms with Crippen molar-refractivity contribution >= 4 is 29.1 Å². The highest BCUT2D eigenvalue weighted by Gasteiger charge is 2.27. The molecule has 12 heteroatoms. The van der Waals surface area contributed by atoms with Gasteiger partial charge in [0, 0.05) is 87.0 Å². The van der Waals surface area contributed by atoms with Gasteiger partial charge in [0.25, 0.3) is 5.91 Å². The van der Waals surface area contributed by atoms with Crippen LogP contribution in [-0.2, 0) is 17.9 Å². The monoisotopic (exact) mass is 655 g/mol. The number of hydrogen-bond acceptors (Lipinski definition) is 9. The Morgan fingerprint density at radius 1 is 1.11 bits per heavy atom. The van der Waals surface area contributed by atoms with Gasteiger partial charge in [-0.25, -0.2) is 4.98 Å². The van der Waals surface area contributed by atoms with E-state index in [0.717, 1.165) is 28.7 Å². The second-order valence-electron chi connectivity index (χ2n) is 12.0. The summed E-state index contributed by atoms with van der Waals surface area (Å²) in [6.07, 6.45) is 4.57. The van der Waals surface area contributed by atoms with Crippen molar-refractivity contribution in [3.63, 3.8) is 0 Å². The summed E-state index contributed by atoms with van der Waals surface area (Å²) in [6, 6.07) is 15.1. The maximum Gasteiger partial charge on any atom is 0.274 e. The van der Waals surface area contributed by atoms with Gasteiger partial charge in [0.15, 0.2) is 0 Å². The topological polar surface area (TPSA) is 133 Å². The number of likely N-dealkylation sites (N-methyl/N-ethyl adjacent to an activating group) is 1. The van der Waals surface area contributed by atoms with E-state index in [2.05, 4.69) is 25.5 Å². The fourth-order valence-corrected chi connectivity index (χ4v) is 6.34. The number of hydrogen-bond donors (Lipinski definition) is 3. The quantitative estimate of drug-likeness (QED) is 0.216. The number of carbonyl (C=O) groups is 2. The highest BCUT2D eigenvalue weighted by Crippen LogP contribution is 2.38. The van der Waals surface area contributed by atoms with Crippen molar-refractivity contribution in [1.82, 2.24) is 30.1 Å². The maximum absolute atomic E-state index is 13.1. The number of β-amino-alcohol motifs (C(OH)–C–C–N with tert-alkyl or cyclic N) is 1. The van der Waals surface area contributed by atoms with E-state index in [1.807, 2.05) is 56.4 Å². The fourth-order valence-electron chi connectivity index (χ4n) is 6.03. The summed E-state index contributed by atoms with van der Waals surface area (Å²) in [6.45, 7) is 5.14. The molecule has 2 aliphatic rings. The molecule has 0 radical (unpaired) electrons. The predicted molar refractivity (Wildman–Crippen MR) is 180 cm³/mol. The molecule has 4 aromatic rings. The van der Waals surface area contributed by atoms with E-state index in [4.69, 9.17) is 21.3 Å². The summed E-state index contributed by atoms with van der Waals surface area (Å²) in [4.78, 5) is 42.6. The van der Waals surface area contributed by atoms with Crippen molar-refractivity contribution in [3.8, 4) is 28.4 Å². The van der Waals surface area contributed by atoms with Crippen LogP contribution in [0, 0.1) is 6.92 Å². The zero-order chi connectivity index (χ0) is 33.1. The lowest BCUT2D eigenvalue weighted by Gasteiger charge is -2.35. The van der Waals surface area contributed by atoms with Gasteiger partial charge in [-0.1, -0.05) is 35.9 Å². The Labute approximate surface area is 279 Å². The van der Waals surface area contributed by atoms with E-state index in [1.165, 1.54) is 0 Å². The van der Waals surface area contributed by atoms with E-state index in [0.29, 0.717) is 78.4 Å². The molecule has 5 heterocycles. The van der Waals surface area contributed by atoms with Crippen LogP contribution in [0.4, 0.5) is 5.69 Å². The van der Waals surface area contributed by atoms with E-state index < -0.39 is 0 Å². The first-order chi connectivity index (χ1) is 22.7. The molecule has 3 N–H and O–H groups in total. The minimum atomic E-state index is -0.321. The molecule has 3 aromatic heterocycles. The second-order valence-corrected chi connectivity index (χ2v) is 12.4. The highest BCUT2D eigenvalue weighted by atomic mass is 35.5. The summed E-state index contributed by atoms with van der Waals surface area (Å²) >= 11 is 6.99. The van der Waals surface area contributed by atoms with Crippen molar-refractivity contribution in [2.24, 2.45) is 0 Å². The number of nitrogens with one attached hydrogen (secondary N) is 2. The smallest absolute Gasteiger partial charge is 0.274 e. The Hall–Kier alpha value is -4.42. The molecule has 1 atom stereocenters. The molecule has 2 fully saturated rings. The first-order valence-electron chi connectivity index (χ1n) is 15.6. The number of nitrogens with zero attached hydrogens (tertiary/aromatic N) is 5. The summed E-state index contributed by atoms with van der Waals surface area (Å²) in [5.41, 5.74) is 6.30. The number of halogens is 1. The number of aromatic nitrogens is 3. The minimum absolute atomic E-state index is 0.181. The van der Waals surface area contributed by atoms with Gasteiger partial charge in [0.1, 0.15) is 5.69 Å². The number of aliphatic hydroxyl groups is 1. The van der Waals surface area contributed by atoms with Gasteiger partial charge >= 0.3 is 0 Å². The van der Waals surface area contributed by atoms with Gasteiger partial charge in [-0.05, 0) is 48.7 Å². The molecular weight excluding hydrogens is 618 g/mol. The lowest BCUT2D eigenvalue weighted by molar-refractivity contribution is -0.127.